The molecule has 1 aromatic heterocycles. The Labute approximate surface area is 143 Å². The molecule has 0 radical (unpaired) electrons. The number of thioether (sulfide) groups is 1. The monoisotopic (exact) mass is 342 g/mol. The summed E-state index contributed by atoms with van der Waals surface area (Å²) < 4.78 is 0. The topological polar surface area (TPSA) is 45.8 Å². The Hall–Kier alpha value is -2.04. The van der Waals surface area contributed by atoms with Crippen molar-refractivity contribution in [3.8, 4) is 11.1 Å². The molecule has 0 amide bonds. The van der Waals surface area contributed by atoms with E-state index in [1.165, 1.54) is 11.8 Å². The van der Waals surface area contributed by atoms with Crippen molar-refractivity contribution in [1.29, 1.82) is 0 Å². The molecule has 0 unspecified atom stereocenters. The molecule has 0 aliphatic heterocycles. The molecule has 1 heterocycles. The van der Waals surface area contributed by atoms with Crippen molar-refractivity contribution in [2.45, 2.75) is 11.6 Å². The summed E-state index contributed by atoms with van der Waals surface area (Å²) in [5.74, 6) is 0. The second-order valence-corrected chi connectivity index (χ2v) is 6.36. The Bertz CT molecular complexity index is 857. The van der Waals surface area contributed by atoms with E-state index in [9.17, 15) is 4.79 Å². The van der Waals surface area contributed by atoms with Gasteiger partial charge in [-0.05, 0) is 35.1 Å². The maximum absolute atomic E-state index is 12.0. The van der Waals surface area contributed by atoms with Gasteiger partial charge in [0.2, 0.25) is 0 Å². The highest BCUT2D eigenvalue weighted by molar-refractivity contribution is 7.98. The minimum atomic E-state index is -0.0777. The number of hydrogen-bond donors (Lipinski definition) is 1. The zero-order valence-electron chi connectivity index (χ0n) is 12.5. The van der Waals surface area contributed by atoms with Crippen LogP contribution in [0.4, 0.5) is 0 Å². The van der Waals surface area contributed by atoms with Crippen LogP contribution in [0.1, 0.15) is 11.1 Å². The van der Waals surface area contributed by atoms with Gasteiger partial charge in [0, 0.05) is 23.2 Å². The molecule has 23 heavy (non-hydrogen) atoms. The van der Waals surface area contributed by atoms with Gasteiger partial charge in [-0.15, -0.1) is 0 Å². The summed E-state index contributed by atoms with van der Waals surface area (Å²) in [6.45, 7) is 0. The van der Waals surface area contributed by atoms with Crippen molar-refractivity contribution in [2.24, 2.45) is 0 Å². The first-order valence-electron chi connectivity index (χ1n) is 7.13. The molecule has 5 heteroatoms. The molecule has 0 aliphatic carbocycles. The number of hydrogen-bond acceptors (Lipinski definition) is 3. The SMILES string of the molecule is CSc1ncc(Cc2ccc(-c3ccc(Cl)cc3)cc2)c(=O)[nH]1. The Morgan fingerprint density at radius 3 is 2.22 bits per heavy atom. The van der Waals surface area contributed by atoms with Gasteiger partial charge < -0.3 is 4.98 Å². The van der Waals surface area contributed by atoms with Crippen LogP contribution in [-0.2, 0) is 6.42 Å². The van der Waals surface area contributed by atoms with E-state index in [1.807, 2.05) is 42.7 Å². The molecule has 3 nitrogen and oxygen atoms in total. The summed E-state index contributed by atoms with van der Waals surface area (Å²) in [6, 6.07) is 15.9. The van der Waals surface area contributed by atoms with Crippen molar-refractivity contribution < 1.29 is 0 Å². The highest BCUT2D eigenvalue weighted by Gasteiger charge is 2.04. The number of nitrogens with zero attached hydrogens (tertiary/aromatic N) is 1. The lowest BCUT2D eigenvalue weighted by Crippen LogP contribution is -2.14. The molecule has 1 N–H and O–H groups in total. The lowest BCUT2D eigenvalue weighted by atomic mass is 10.0. The number of nitrogens with one attached hydrogen (secondary N) is 1. The number of aromatic nitrogens is 2. The van der Waals surface area contributed by atoms with Crippen molar-refractivity contribution in [2.75, 3.05) is 6.26 Å². The summed E-state index contributed by atoms with van der Waals surface area (Å²) in [5.41, 5.74) is 3.90. The number of H-pyrrole nitrogens is 1. The van der Waals surface area contributed by atoms with Gasteiger partial charge in [0.15, 0.2) is 5.16 Å². The molecule has 116 valence electrons. The summed E-state index contributed by atoms with van der Waals surface area (Å²) in [6.07, 6.45) is 4.10. The van der Waals surface area contributed by atoms with E-state index in [0.29, 0.717) is 17.1 Å². The standard InChI is InChI=1S/C18H15ClN2OS/c1-23-18-20-11-15(17(22)21-18)10-12-2-4-13(5-3-12)14-6-8-16(19)9-7-14/h2-9,11H,10H2,1H3,(H,20,21,22). The van der Waals surface area contributed by atoms with Gasteiger partial charge in [0.1, 0.15) is 0 Å². The molecule has 0 saturated heterocycles. The Morgan fingerprint density at radius 2 is 1.65 bits per heavy atom. The van der Waals surface area contributed by atoms with Gasteiger partial charge in [-0.3, -0.25) is 4.79 Å². The third kappa shape index (κ3) is 3.84. The number of rotatable bonds is 4. The fourth-order valence-electron chi connectivity index (χ4n) is 2.31. The largest absolute Gasteiger partial charge is 0.301 e. The van der Waals surface area contributed by atoms with Gasteiger partial charge in [0.25, 0.3) is 5.56 Å². The first-order valence-corrected chi connectivity index (χ1v) is 8.73. The van der Waals surface area contributed by atoms with E-state index in [-0.39, 0.29) is 5.56 Å². The Kier molecular flexibility index (Phi) is 4.84. The summed E-state index contributed by atoms with van der Waals surface area (Å²) in [4.78, 5) is 19.0. The minimum absolute atomic E-state index is 0.0777. The van der Waals surface area contributed by atoms with E-state index in [1.54, 1.807) is 6.20 Å². The third-order valence-electron chi connectivity index (χ3n) is 3.57. The van der Waals surface area contributed by atoms with Crippen LogP contribution in [0.3, 0.4) is 0 Å². The van der Waals surface area contributed by atoms with E-state index < -0.39 is 0 Å². The molecular formula is C18H15ClN2OS. The van der Waals surface area contributed by atoms with Gasteiger partial charge in [0.05, 0.1) is 0 Å². The molecule has 2 aromatic carbocycles. The number of aromatic amines is 1. The fraction of sp³-hybridized carbons (Fsp3) is 0.111. The maximum atomic E-state index is 12.0. The Morgan fingerprint density at radius 1 is 1.04 bits per heavy atom. The van der Waals surface area contributed by atoms with E-state index in [4.69, 9.17) is 11.6 Å². The van der Waals surface area contributed by atoms with Crippen LogP contribution in [0, 0.1) is 0 Å². The molecule has 0 spiro atoms. The van der Waals surface area contributed by atoms with E-state index in [2.05, 4.69) is 22.1 Å². The third-order valence-corrected chi connectivity index (χ3v) is 4.42. The normalized spacial score (nSPS) is 10.7. The highest BCUT2D eigenvalue weighted by atomic mass is 35.5. The van der Waals surface area contributed by atoms with Crippen LogP contribution < -0.4 is 5.56 Å². The van der Waals surface area contributed by atoms with Crippen LogP contribution >= 0.6 is 23.4 Å². The molecular weight excluding hydrogens is 328 g/mol. The average molecular weight is 343 g/mol. The van der Waals surface area contributed by atoms with Crippen molar-refractivity contribution in [3.05, 3.63) is 81.2 Å². The van der Waals surface area contributed by atoms with Gasteiger partial charge in [-0.1, -0.05) is 59.8 Å². The minimum Gasteiger partial charge on any atom is -0.301 e. The van der Waals surface area contributed by atoms with E-state index >= 15 is 0 Å². The fourth-order valence-corrected chi connectivity index (χ4v) is 2.79. The molecule has 3 aromatic rings. The van der Waals surface area contributed by atoms with E-state index in [0.717, 1.165) is 21.7 Å². The van der Waals surface area contributed by atoms with Crippen LogP contribution in [-0.4, -0.2) is 16.2 Å². The molecule has 0 fully saturated rings. The highest BCUT2D eigenvalue weighted by Crippen LogP contribution is 2.22. The van der Waals surface area contributed by atoms with Gasteiger partial charge in [-0.2, -0.15) is 0 Å². The maximum Gasteiger partial charge on any atom is 0.255 e. The first kappa shape index (κ1) is 15.8. The second kappa shape index (κ2) is 7.02. The lowest BCUT2D eigenvalue weighted by molar-refractivity contribution is 0.902. The number of benzene rings is 2. The quantitative estimate of drug-likeness (QED) is 0.564. The molecule has 0 saturated carbocycles. The molecule has 3 rings (SSSR count). The predicted octanol–water partition coefficient (Wildman–Crippen LogP) is 4.40. The lowest BCUT2D eigenvalue weighted by Gasteiger charge is -2.05. The smallest absolute Gasteiger partial charge is 0.255 e. The number of halogens is 1. The predicted molar refractivity (Wildman–Crippen MR) is 96.3 cm³/mol. The van der Waals surface area contributed by atoms with Crippen LogP contribution in [0.15, 0.2) is 64.7 Å². The molecule has 0 bridgehead atoms. The zero-order chi connectivity index (χ0) is 16.2. The van der Waals surface area contributed by atoms with Crippen molar-refractivity contribution in [1.82, 2.24) is 9.97 Å². The Balaban J connectivity index is 1.80. The summed E-state index contributed by atoms with van der Waals surface area (Å²) in [7, 11) is 0. The van der Waals surface area contributed by atoms with Crippen LogP contribution in [0.25, 0.3) is 11.1 Å². The second-order valence-electron chi connectivity index (χ2n) is 5.13. The van der Waals surface area contributed by atoms with Gasteiger partial charge in [-0.25, -0.2) is 4.98 Å². The first-order chi connectivity index (χ1) is 11.2. The van der Waals surface area contributed by atoms with Crippen molar-refractivity contribution >= 4 is 23.4 Å². The van der Waals surface area contributed by atoms with Crippen LogP contribution in [0.2, 0.25) is 5.02 Å². The van der Waals surface area contributed by atoms with Crippen LogP contribution in [0.5, 0.6) is 0 Å². The summed E-state index contributed by atoms with van der Waals surface area (Å²) >= 11 is 7.33. The summed E-state index contributed by atoms with van der Waals surface area (Å²) in [5, 5.41) is 1.36. The van der Waals surface area contributed by atoms with Crippen molar-refractivity contribution in [3.63, 3.8) is 0 Å². The molecule has 0 atom stereocenters. The molecule has 0 aliphatic rings. The average Bonchev–Trinajstić information content (AvgIpc) is 2.58. The zero-order valence-corrected chi connectivity index (χ0v) is 14.1. The van der Waals surface area contributed by atoms with Gasteiger partial charge >= 0.3 is 0 Å².